The molecule has 0 amide bonds. The Balaban J connectivity index is 2.65. The van der Waals surface area contributed by atoms with E-state index in [2.05, 4.69) is 0 Å². The summed E-state index contributed by atoms with van der Waals surface area (Å²) in [7, 11) is 0. The van der Waals surface area contributed by atoms with Crippen LogP contribution < -0.4 is 0 Å². The highest BCUT2D eigenvalue weighted by Crippen LogP contribution is 2.31. The van der Waals surface area contributed by atoms with Gasteiger partial charge in [0.05, 0.1) is 16.0 Å². The zero-order valence-electron chi connectivity index (χ0n) is 7.84. The van der Waals surface area contributed by atoms with Crippen molar-refractivity contribution in [2.24, 2.45) is 0 Å². The second-order valence-electron chi connectivity index (χ2n) is 3.02. The normalized spacial score (nSPS) is 10.9. The fourth-order valence-corrected chi connectivity index (χ4v) is 2.35. The number of thiophene rings is 1. The predicted octanol–water partition coefficient (Wildman–Crippen LogP) is 3.66. The molecule has 1 aromatic heterocycles. The molecule has 0 bridgehead atoms. The van der Waals surface area contributed by atoms with Gasteiger partial charge in [0.1, 0.15) is 10.9 Å². The summed E-state index contributed by atoms with van der Waals surface area (Å²) in [4.78, 5) is 11.5. The van der Waals surface area contributed by atoms with Crippen molar-refractivity contribution in [3.63, 3.8) is 0 Å². The van der Waals surface area contributed by atoms with Gasteiger partial charge in [0, 0.05) is 0 Å². The maximum Gasteiger partial charge on any atom is 0.190 e. The lowest BCUT2D eigenvalue weighted by Gasteiger charge is -2.05. The first kappa shape index (κ1) is 12.0. The van der Waals surface area contributed by atoms with E-state index in [1.807, 2.05) is 13.8 Å². The van der Waals surface area contributed by atoms with Crippen LogP contribution in [0.3, 0.4) is 0 Å². The number of rotatable bonds is 4. The van der Waals surface area contributed by atoms with E-state index in [1.165, 1.54) is 11.3 Å². The Hall–Kier alpha value is -0.0900. The molecule has 0 aliphatic rings. The summed E-state index contributed by atoms with van der Waals surface area (Å²) >= 11 is 12.7. The molecule has 14 heavy (non-hydrogen) atoms. The van der Waals surface area contributed by atoms with E-state index in [4.69, 9.17) is 27.9 Å². The van der Waals surface area contributed by atoms with Crippen LogP contribution >= 0.6 is 34.5 Å². The molecule has 1 aromatic rings. The average molecular weight is 253 g/mol. The third-order valence-corrected chi connectivity index (χ3v) is 2.99. The lowest BCUT2D eigenvalue weighted by Crippen LogP contribution is -2.13. The van der Waals surface area contributed by atoms with Gasteiger partial charge in [-0.1, -0.05) is 23.2 Å². The predicted molar refractivity (Wildman–Crippen MR) is 59.8 cm³/mol. The third-order valence-electron chi connectivity index (χ3n) is 1.50. The van der Waals surface area contributed by atoms with Gasteiger partial charge in [0.2, 0.25) is 0 Å². The lowest BCUT2D eigenvalue weighted by molar-refractivity contribution is 0.0585. The molecule has 78 valence electrons. The van der Waals surface area contributed by atoms with Crippen molar-refractivity contribution >= 4 is 40.3 Å². The summed E-state index contributed by atoms with van der Waals surface area (Å²) in [6.07, 6.45) is 0.0341. The highest BCUT2D eigenvalue weighted by Gasteiger charge is 2.14. The van der Waals surface area contributed by atoms with Gasteiger partial charge >= 0.3 is 0 Å². The van der Waals surface area contributed by atoms with Crippen molar-refractivity contribution in [1.29, 1.82) is 0 Å². The van der Waals surface area contributed by atoms with E-state index >= 15 is 0 Å². The summed E-state index contributed by atoms with van der Waals surface area (Å²) in [5.74, 6) is -0.133. The summed E-state index contributed by atoms with van der Waals surface area (Å²) < 4.78 is 6.12. The molecular formula is C9H10Cl2O2S. The van der Waals surface area contributed by atoms with Crippen LogP contribution in [0.4, 0.5) is 0 Å². The molecule has 0 saturated carbocycles. The molecule has 0 atom stereocenters. The van der Waals surface area contributed by atoms with Crippen molar-refractivity contribution in [2.75, 3.05) is 6.61 Å². The molecule has 0 fully saturated rings. The zero-order chi connectivity index (χ0) is 10.7. The first-order valence-corrected chi connectivity index (χ1v) is 5.67. The van der Waals surface area contributed by atoms with Gasteiger partial charge in [-0.2, -0.15) is 0 Å². The van der Waals surface area contributed by atoms with Gasteiger partial charge in [-0.15, -0.1) is 11.3 Å². The summed E-state index contributed by atoms with van der Waals surface area (Å²) in [5.41, 5.74) is 0.447. The SMILES string of the molecule is CC(C)OCC(=O)c1cc(Cl)sc1Cl. The first-order chi connectivity index (χ1) is 6.50. The number of carbonyl (C=O) groups excluding carboxylic acids is 1. The molecule has 1 rings (SSSR count). The van der Waals surface area contributed by atoms with Crippen molar-refractivity contribution in [3.05, 3.63) is 20.3 Å². The molecular weight excluding hydrogens is 243 g/mol. The number of halogens is 2. The Morgan fingerprint density at radius 1 is 1.57 bits per heavy atom. The van der Waals surface area contributed by atoms with E-state index in [0.29, 0.717) is 14.2 Å². The van der Waals surface area contributed by atoms with Crippen molar-refractivity contribution in [2.45, 2.75) is 20.0 Å². The van der Waals surface area contributed by atoms with Crippen molar-refractivity contribution in [3.8, 4) is 0 Å². The van der Waals surface area contributed by atoms with Crippen LogP contribution in [0.25, 0.3) is 0 Å². The van der Waals surface area contributed by atoms with Crippen LogP contribution in [0.1, 0.15) is 24.2 Å². The molecule has 0 saturated heterocycles. The second kappa shape index (κ2) is 5.12. The number of hydrogen-bond donors (Lipinski definition) is 0. The van der Waals surface area contributed by atoms with Gasteiger partial charge in [0.15, 0.2) is 5.78 Å². The molecule has 0 aliphatic heterocycles. The van der Waals surface area contributed by atoms with E-state index in [-0.39, 0.29) is 18.5 Å². The number of Topliss-reactive ketones (excluding diaryl/α,β-unsaturated/α-hetero) is 1. The molecule has 0 aromatic carbocycles. The summed E-state index contributed by atoms with van der Waals surface area (Å²) in [6.45, 7) is 3.79. The molecule has 1 heterocycles. The highest BCUT2D eigenvalue weighted by atomic mass is 35.5. The maximum atomic E-state index is 11.5. The highest BCUT2D eigenvalue weighted by molar-refractivity contribution is 7.20. The second-order valence-corrected chi connectivity index (χ2v) is 5.31. The van der Waals surface area contributed by atoms with E-state index < -0.39 is 0 Å². The van der Waals surface area contributed by atoms with Crippen LogP contribution in [0.2, 0.25) is 8.67 Å². The number of ketones is 1. The van der Waals surface area contributed by atoms with Gasteiger partial charge in [-0.05, 0) is 19.9 Å². The van der Waals surface area contributed by atoms with Gasteiger partial charge in [-0.25, -0.2) is 0 Å². The number of carbonyl (C=O) groups is 1. The van der Waals surface area contributed by atoms with Crippen LogP contribution in [0, 0.1) is 0 Å². The Morgan fingerprint density at radius 2 is 2.21 bits per heavy atom. The van der Waals surface area contributed by atoms with E-state index in [9.17, 15) is 4.79 Å². The first-order valence-electron chi connectivity index (χ1n) is 4.10. The minimum Gasteiger partial charge on any atom is -0.371 e. The van der Waals surface area contributed by atoms with Crippen LogP contribution in [0.15, 0.2) is 6.07 Å². The molecule has 0 N–H and O–H groups in total. The third kappa shape index (κ3) is 3.24. The van der Waals surface area contributed by atoms with Gasteiger partial charge < -0.3 is 4.74 Å². The maximum absolute atomic E-state index is 11.5. The summed E-state index contributed by atoms with van der Waals surface area (Å²) in [5, 5.41) is 0. The molecule has 2 nitrogen and oxygen atoms in total. The average Bonchev–Trinajstić information content (AvgIpc) is 2.41. The topological polar surface area (TPSA) is 26.3 Å². The van der Waals surface area contributed by atoms with E-state index in [0.717, 1.165) is 0 Å². The fourth-order valence-electron chi connectivity index (χ4n) is 0.850. The number of ether oxygens (including phenoxy) is 1. The van der Waals surface area contributed by atoms with Crippen LogP contribution in [-0.2, 0) is 4.74 Å². The summed E-state index contributed by atoms with van der Waals surface area (Å²) in [6, 6.07) is 1.57. The lowest BCUT2D eigenvalue weighted by atomic mass is 10.2. The fraction of sp³-hybridized carbons (Fsp3) is 0.444. The Kier molecular flexibility index (Phi) is 4.38. The van der Waals surface area contributed by atoms with Crippen molar-refractivity contribution < 1.29 is 9.53 Å². The minimum atomic E-state index is -0.133. The monoisotopic (exact) mass is 252 g/mol. The molecule has 0 spiro atoms. The Labute approximate surface area is 96.8 Å². The number of hydrogen-bond acceptors (Lipinski definition) is 3. The Bertz CT molecular complexity index is 334. The van der Waals surface area contributed by atoms with E-state index in [1.54, 1.807) is 6.07 Å². The van der Waals surface area contributed by atoms with Gasteiger partial charge in [0.25, 0.3) is 0 Å². The quantitative estimate of drug-likeness (QED) is 0.765. The molecule has 0 radical (unpaired) electrons. The van der Waals surface area contributed by atoms with Crippen molar-refractivity contribution in [1.82, 2.24) is 0 Å². The molecule has 0 unspecified atom stereocenters. The van der Waals surface area contributed by atoms with Crippen LogP contribution in [0.5, 0.6) is 0 Å². The minimum absolute atomic E-state index is 0.0341. The van der Waals surface area contributed by atoms with Crippen LogP contribution in [-0.4, -0.2) is 18.5 Å². The molecule has 5 heteroatoms. The zero-order valence-corrected chi connectivity index (χ0v) is 10.2. The van der Waals surface area contributed by atoms with Gasteiger partial charge in [-0.3, -0.25) is 4.79 Å². The molecule has 0 aliphatic carbocycles. The largest absolute Gasteiger partial charge is 0.371 e. The smallest absolute Gasteiger partial charge is 0.190 e. The standard InChI is InChI=1S/C9H10Cl2O2S/c1-5(2)13-4-7(12)6-3-8(10)14-9(6)11/h3,5H,4H2,1-2H3. The Morgan fingerprint density at radius 3 is 2.64 bits per heavy atom.